The Hall–Kier alpha value is -0.880. The van der Waals surface area contributed by atoms with Crippen LogP contribution in [0.5, 0.6) is 0 Å². The number of piperidine rings is 2. The lowest BCUT2D eigenvalue weighted by Gasteiger charge is -2.42. The molecule has 0 radical (unpaired) electrons. The number of hydrogen-bond acceptors (Lipinski definition) is 3. The Bertz CT molecular complexity index is 371. The smallest absolute Gasteiger partial charge is 0.318 e. The predicted octanol–water partition coefficient (Wildman–Crippen LogP) is 1.18. The number of urea groups is 1. The molecule has 0 unspecified atom stereocenters. The molecule has 2 aliphatic heterocycles. The molecule has 0 aromatic carbocycles. The van der Waals surface area contributed by atoms with Crippen LogP contribution in [0.1, 0.15) is 32.6 Å². The van der Waals surface area contributed by atoms with Crippen molar-refractivity contribution < 1.29 is 4.79 Å². The van der Waals surface area contributed by atoms with Crippen LogP contribution in [0.4, 0.5) is 4.79 Å². The van der Waals surface area contributed by atoms with Crippen LogP contribution in [0.3, 0.4) is 0 Å². The standard InChI is InChI=1S/C14H26N4OS/c1-11-3-7-18(8-4-11)13(19)16-14(12(15)20)5-9-17(2)10-6-14/h11H,3-10H2,1-2H3,(H2,15,20)(H,16,19). The average Bonchev–Trinajstić information content (AvgIpc) is 2.42. The van der Waals surface area contributed by atoms with Gasteiger partial charge in [-0.25, -0.2) is 4.79 Å². The molecule has 0 bridgehead atoms. The number of thiocarbonyl (C=S) groups is 1. The number of likely N-dealkylation sites (tertiary alicyclic amines) is 2. The summed E-state index contributed by atoms with van der Waals surface area (Å²) < 4.78 is 0. The minimum atomic E-state index is -0.498. The highest BCUT2D eigenvalue weighted by molar-refractivity contribution is 7.80. The molecule has 2 saturated heterocycles. The molecule has 2 heterocycles. The van der Waals surface area contributed by atoms with Gasteiger partial charge in [-0.15, -0.1) is 0 Å². The minimum absolute atomic E-state index is 0.00532. The fourth-order valence-corrected chi connectivity index (χ4v) is 3.18. The van der Waals surface area contributed by atoms with Gasteiger partial charge < -0.3 is 20.9 Å². The highest BCUT2D eigenvalue weighted by Crippen LogP contribution is 2.23. The lowest BCUT2D eigenvalue weighted by atomic mass is 9.87. The molecule has 0 atom stereocenters. The Morgan fingerprint density at radius 1 is 1.25 bits per heavy atom. The Kier molecular flexibility index (Phi) is 4.86. The Morgan fingerprint density at radius 3 is 2.30 bits per heavy atom. The van der Waals surface area contributed by atoms with E-state index < -0.39 is 5.54 Å². The number of nitrogens with zero attached hydrogens (tertiary/aromatic N) is 2. The van der Waals surface area contributed by atoms with Gasteiger partial charge in [-0.3, -0.25) is 0 Å². The monoisotopic (exact) mass is 298 g/mol. The van der Waals surface area contributed by atoms with Crippen molar-refractivity contribution in [3.05, 3.63) is 0 Å². The highest BCUT2D eigenvalue weighted by Gasteiger charge is 2.39. The van der Waals surface area contributed by atoms with Gasteiger partial charge in [-0.2, -0.15) is 0 Å². The summed E-state index contributed by atoms with van der Waals surface area (Å²) in [5.74, 6) is 0.715. The molecule has 20 heavy (non-hydrogen) atoms. The molecule has 2 rings (SSSR count). The second kappa shape index (κ2) is 6.26. The molecule has 2 amide bonds. The normalized spacial score (nSPS) is 24.4. The molecular formula is C14H26N4OS. The number of nitrogens with two attached hydrogens (primary N) is 1. The van der Waals surface area contributed by atoms with E-state index in [4.69, 9.17) is 18.0 Å². The zero-order chi connectivity index (χ0) is 14.8. The average molecular weight is 298 g/mol. The van der Waals surface area contributed by atoms with Gasteiger partial charge in [0, 0.05) is 26.2 Å². The van der Waals surface area contributed by atoms with Crippen molar-refractivity contribution in [2.75, 3.05) is 33.2 Å². The molecule has 2 fully saturated rings. The van der Waals surface area contributed by atoms with Gasteiger partial charge >= 0.3 is 6.03 Å². The number of carbonyl (C=O) groups is 1. The van der Waals surface area contributed by atoms with E-state index in [9.17, 15) is 4.79 Å². The van der Waals surface area contributed by atoms with E-state index in [1.165, 1.54) is 0 Å². The second-order valence-corrected chi connectivity index (χ2v) is 6.79. The first-order valence-corrected chi connectivity index (χ1v) is 7.89. The van der Waals surface area contributed by atoms with Gasteiger partial charge in [0.05, 0.1) is 10.5 Å². The van der Waals surface area contributed by atoms with E-state index >= 15 is 0 Å². The summed E-state index contributed by atoms with van der Waals surface area (Å²) in [6, 6.07) is -0.00532. The molecule has 6 heteroatoms. The second-order valence-electron chi connectivity index (χ2n) is 6.35. The molecule has 3 N–H and O–H groups in total. The number of hydrogen-bond donors (Lipinski definition) is 2. The molecule has 0 aromatic heterocycles. The van der Waals surface area contributed by atoms with Crippen molar-refractivity contribution in [3.8, 4) is 0 Å². The summed E-state index contributed by atoms with van der Waals surface area (Å²) in [6.45, 7) is 5.73. The van der Waals surface area contributed by atoms with Crippen molar-refractivity contribution in [2.45, 2.75) is 38.1 Å². The quantitative estimate of drug-likeness (QED) is 0.752. The van der Waals surface area contributed by atoms with Crippen LogP contribution in [0.15, 0.2) is 0 Å². The fourth-order valence-electron chi connectivity index (χ4n) is 2.93. The lowest BCUT2D eigenvalue weighted by Crippen LogP contribution is -2.63. The maximum absolute atomic E-state index is 12.5. The van der Waals surface area contributed by atoms with Gasteiger partial charge in [0.25, 0.3) is 0 Å². The molecule has 0 spiro atoms. The van der Waals surface area contributed by atoms with Gasteiger partial charge in [-0.05, 0) is 38.6 Å². The first-order valence-electron chi connectivity index (χ1n) is 7.48. The number of carbonyl (C=O) groups excluding carboxylic acids is 1. The van der Waals surface area contributed by atoms with Gasteiger partial charge in [0.2, 0.25) is 0 Å². The van der Waals surface area contributed by atoms with Gasteiger partial charge in [0.1, 0.15) is 0 Å². The van der Waals surface area contributed by atoms with Crippen molar-refractivity contribution in [1.29, 1.82) is 0 Å². The topological polar surface area (TPSA) is 61.6 Å². The molecule has 114 valence electrons. The number of nitrogens with one attached hydrogen (secondary N) is 1. The molecule has 2 aliphatic rings. The predicted molar refractivity (Wildman–Crippen MR) is 84.8 cm³/mol. The highest BCUT2D eigenvalue weighted by atomic mass is 32.1. The maximum Gasteiger partial charge on any atom is 0.318 e. The summed E-state index contributed by atoms with van der Waals surface area (Å²) in [5, 5.41) is 3.13. The van der Waals surface area contributed by atoms with E-state index in [0.717, 1.165) is 51.9 Å². The van der Waals surface area contributed by atoms with E-state index in [1.54, 1.807) is 0 Å². The zero-order valence-electron chi connectivity index (χ0n) is 12.5. The van der Waals surface area contributed by atoms with Crippen molar-refractivity contribution in [2.24, 2.45) is 11.7 Å². The van der Waals surface area contributed by atoms with Crippen molar-refractivity contribution in [3.63, 3.8) is 0 Å². The summed E-state index contributed by atoms with van der Waals surface area (Å²) in [6.07, 6.45) is 3.76. The van der Waals surface area contributed by atoms with E-state index in [-0.39, 0.29) is 6.03 Å². The van der Waals surface area contributed by atoms with Crippen LogP contribution in [0.2, 0.25) is 0 Å². The van der Waals surface area contributed by atoms with E-state index in [2.05, 4.69) is 24.2 Å². The molecule has 0 aromatic rings. The first kappa shape index (κ1) is 15.5. The minimum Gasteiger partial charge on any atom is -0.391 e. The summed E-state index contributed by atoms with van der Waals surface area (Å²) in [7, 11) is 2.08. The third-order valence-electron chi connectivity index (χ3n) is 4.73. The molecule has 5 nitrogen and oxygen atoms in total. The maximum atomic E-state index is 12.5. The summed E-state index contributed by atoms with van der Waals surface area (Å²) >= 11 is 5.23. The molecular weight excluding hydrogens is 272 g/mol. The zero-order valence-corrected chi connectivity index (χ0v) is 13.3. The van der Waals surface area contributed by atoms with E-state index in [0.29, 0.717) is 10.9 Å². The van der Waals surface area contributed by atoms with Gasteiger partial charge in [0.15, 0.2) is 0 Å². The van der Waals surface area contributed by atoms with Crippen molar-refractivity contribution >= 4 is 23.2 Å². The van der Waals surface area contributed by atoms with Crippen LogP contribution in [-0.4, -0.2) is 59.6 Å². The summed E-state index contributed by atoms with van der Waals surface area (Å²) in [4.78, 5) is 17.0. The van der Waals surface area contributed by atoms with Crippen LogP contribution >= 0.6 is 12.2 Å². The SMILES string of the molecule is CC1CCN(C(=O)NC2(C(N)=S)CCN(C)CC2)CC1. The fraction of sp³-hybridized carbons (Fsp3) is 0.857. The molecule has 0 saturated carbocycles. The van der Waals surface area contributed by atoms with Gasteiger partial charge in [-0.1, -0.05) is 19.1 Å². The molecule has 0 aliphatic carbocycles. The third kappa shape index (κ3) is 3.41. The van der Waals surface area contributed by atoms with Crippen LogP contribution in [0.25, 0.3) is 0 Å². The van der Waals surface area contributed by atoms with Crippen LogP contribution in [-0.2, 0) is 0 Å². The largest absolute Gasteiger partial charge is 0.391 e. The first-order chi connectivity index (χ1) is 9.43. The Morgan fingerprint density at radius 2 is 1.80 bits per heavy atom. The Balaban J connectivity index is 1.98. The third-order valence-corrected chi connectivity index (χ3v) is 5.12. The van der Waals surface area contributed by atoms with Crippen LogP contribution in [0, 0.1) is 5.92 Å². The Labute approximate surface area is 126 Å². The summed E-state index contributed by atoms with van der Waals surface area (Å²) in [5.41, 5.74) is 5.43. The number of amides is 2. The lowest BCUT2D eigenvalue weighted by molar-refractivity contribution is 0.152. The van der Waals surface area contributed by atoms with Crippen LogP contribution < -0.4 is 11.1 Å². The van der Waals surface area contributed by atoms with E-state index in [1.807, 2.05) is 4.90 Å². The van der Waals surface area contributed by atoms with Crippen molar-refractivity contribution in [1.82, 2.24) is 15.1 Å². The number of rotatable bonds is 2.